The van der Waals surface area contributed by atoms with Crippen molar-refractivity contribution < 1.29 is 9.66 Å². The van der Waals surface area contributed by atoms with Gasteiger partial charge in [0.1, 0.15) is 6.10 Å². The van der Waals surface area contributed by atoms with Crippen LogP contribution in [0.25, 0.3) is 0 Å². The Hall–Kier alpha value is -1.69. The molecule has 1 aromatic heterocycles. The molecule has 1 saturated heterocycles. The van der Waals surface area contributed by atoms with Gasteiger partial charge < -0.3 is 20.2 Å². The minimum atomic E-state index is -0.527. The van der Waals surface area contributed by atoms with Crippen LogP contribution in [-0.4, -0.2) is 29.1 Å². The highest BCUT2D eigenvalue weighted by molar-refractivity contribution is 5.27. The lowest BCUT2D eigenvalue weighted by atomic mass is 10.3. The minimum absolute atomic E-state index is 0.147. The molecule has 2 rings (SSSR count). The Morgan fingerprint density at radius 3 is 3.00 bits per heavy atom. The number of hydrogen-bond donors (Lipinski definition) is 1. The van der Waals surface area contributed by atoms with Crippen molar-refractivity contribution in [2.45, 2.75) is 12.5 Å². The summed E-state index contributed by atoms with van der Waals surface area (Å²) in [4.78, 5) is 13.5. The van der Waals surface area contributed by atoms with Crippen molar-refractivity contribution in [3.05, 3.63) is 28.4 Å². The number of pyridine rings is 1. The Balaban J connectivity index is 2.00. The van der Waals surface area contributed by atoms with Crippen LogP contribution in [0, 0.1) is 10.1 Å². The Morgan fingerprint density at radius 1 is 1.60 bits per heavy atom. The average molecular weight is 209 g/mol. The van der Waals surface area contributed by atoms with Gasteiger partial charge in [0.25, 0.3) is 0 Å². The minimum Gasteiger partial charge on any atom is -0.485 e. The van der Waals surface area contributed by atoms with Gasteiger partial charge in [-0.25, -0.2) is 0 Å². The number of ether oxygens (including phenoxy) is 1. The molecule has 2 heterocycles. The molecule has 15 heavy (non-hydrogen) atoms. The van der Waals surface area contributed by atoms with Crippen molar-refractivity contribution in [3.8, 4) is 5.75 Å². The van der Waals surface area contributed by atoms with E-state index in [2.05, 4.69) is 10.3 Å². The van der Waals surface area contributed by atoms with Gasteiger partial charge in [-0.15, -0.1) is 0 Å². The van der Waals surface area contributed by atoms with Crippen LogP contribution in [-0.2, 0) is 0 Å². The largest absolute Gasteiger partial charge is 0.485 e. The highest BCUT2D eigenvalue weighted by Gasteiger charge is 2.17. The van der Waals surface area contributed by atoms with Gasteiger partial charge in [0.2, 0.25) is 0 Å². The van der Waals surface area contributed by atoms with Crippen molar-refractivity contribution in [2.24, 2.45) is 0 Å². The van der Waals surface area contributed by atoms with E-state index in [1.54, 1.807) is 6.07 Å². The summed E-state index contributed by atoms with van der Waals surface area (Å²) in [6, 6.07) is 2.92. The second-order valence-electron chi connectivity index (χ2n) is 3.34. The van der Waals surface area contributed by atoms with E-state index in [0.717, 1.165) is 19.5 Å². The van der Waals surface area contributed by atoms with Crippen LogP contribution in [0.2, 0.25) is 0 Å². The molecule has 1 atom stereocenters. The average Bonchev–Trinajstić information content (AvgIpc) is 2.71. The molecular weight excluding hydrogens is 198 g/mol. The van der Waals surface area contributed by atoms with E-state index >= 15 is 0 Å². The SMILES string of the molecule is O=[N+]([O-])c1ccc(OC2CCNC2)cn1. The number of hydrogen-bond acceptors (Lipinski definition) is 5. The van der Waals surface area contributed by atoms with E-state index < -0.39 is 4.92 Å². The van der Waals surface area contributed by atoms with Crippen LogP contribution in [0.3, 0.4) is 0 Å². The molecule has 0 bridgehead atoms. The quantitative estimate of drug-likeness (QED) is 0.586. The Labute approximate surface area is 86.4 Å². The molecule has 1 N–H and O–H groups in total. The van der Waals surface area contributed by atoms with E-state index in [9.17, 15) is 10.1 Å². The standard InChI is InChI=1S/C9H11N3O3/c13-12(14)9-2-1-7(6-11-9)15-8-3-4-10-5-8/h1-2,6,8,10H,3-5H2. The normalized spacial score (nSPS) is 20.1. The van der Waals surface area contributed by atoms with Crippen molar-refractivity contribution >= 4 is 5.82 Å². The predicted octanol–water partition coefficient (Wildman–Crippen LogP) is 0.730. The lowest BCUT2D eigenvalue weighted by Crippen LogP contribution is -2.19. The summed E-state index contributed by atoms with van der Waals surface area (Å²) in [5, 5.41) is 13.5. The van der Waals surface area contributed by atoms with E-state index in [-0.39, 0.29) is 11.9 Å². The Bertz CT molecular complexity index is 346. The van der Waals surface area contributed by atoms with Crippen molar-refractivity contribution in [1.29, 1.82) is 0 Å². The van der Waals surface area contributed by atoms with Gasteiger partial charge in [-0.3, -0.25) is 0 Å². The zero-order valence-electron chi connectivity index (χ0n) is 8.05. The number of nitrogens with one attached hydrogen (secondary N) is 1. The van der Waals surface area contributed by atoms with Crippen LogP contribution in [0.4, 0.5) is 5.82 Å². The van der Waals surface area contributed by atoms with E-state index in [1.165, 1.54) is 12.3 Å². The first-order chi connectivity index (χ1) is 7.25. The zero-order chi connectivity index (χ0) is 10.7. The molecule has 1 fully saturated rings. The second-order valence-corrected chi connectivity index (χ2v) is 3.34. The topological polar surface area (TPSA) is 77.3 Å². The molecule has 0 saturated carbocycles. The zero-order valence-corrected chi connectivity index (χ0v) is 8.05. The van der Waals surface area contributed by atoms with Crippen LogP contribution in [0.15, 0.2) is 18.3 Å². The molecule has 6 nitrogen and oxygen atoms in total. The molecule has 1 aliphatic rings. The third-order valence-corrected chi connectivity index (χ3v) is 2.23. The summed E-state index contributed by atoms with van der Waals surface area (Å²) in [6.07, 6.45) is 2.49. The Kier molecular flexibility index (Phi) is 2.77. The number of nitro groups is 1. The molecule has 6 heteroatoms. The number of aromatic nitrogens is 1. The summed E-state index contributed by atoms with van der Waals surface area (Å²) in [6.45, 7) is 1.77. The first kappa shape index (κ1) is 9.85. The van der Waals surface area contributed by atoms with Gasteiger partial charge in [-0.2, -0.15) is 0 Å². The summed E-state index contributed by atoms with van der Waals surface area (Å²) >= 11 is 0. The van der Waals surface area contributed by atoms with Crippen LogP contribution < -0.4 is 10.1 Å². The molecule has 1 aromatic rings. The first-order valence-corrected chi connectivity index (χ1v) is 4.73. The maximum absolute atomic E-state index is 10.3. The molecule has 1 unspecified atom stereocenters. The summed E-state index contributed by atoms with van der Waals surface area (Å²) < 4.78 is 5.56. The van der Waals surface area contributed by atoms with Crippen molar-refractivity contribution in [2.75, 3.05) is 13.1 Å². The molecular formula is C9H11N3O3. The maximum Gasteiger partial charge on any atom is 0.363 e. The molecule has 1 aliphatic heterocycles. The molecule has 0 aromatic carbocycles. The number of rotatable bonds is 3. The van der Waals surface area contributed by atoms with Gasteiger partial charge in [-0.1, -0.05) is 0 Å². The summed E-state index contributed by atoms with van der Waals surface area (Å²) in [7, 11) is 0. The third kappa shape index (κ3) is 2.41. The Morgan fingerprint density at radius 2 is 2.47 bits per heavy atom. The highest BCUT2D eigenvalue weighted by atomic mass is 16.6. The number of nitrogens with zero attached hydrogens (tertiary/aromatic N) is 2. The van der Waals surface area contributed by atoms with Crippen LogP contribution >= 0.6 is 0 Å². The molecule has 0 spiro atoms. The fourth-order valence-corrected chi connectivity index (χ4v) is 1.47. The first-order valence-electron chi connectivity index (χ1n) is 4.73. The van der Waals surface area contributed by atoms with Gasteiger partial charge in [-0.05, 0) is 28.9 Å². The second kappa shape index (κ2) is 4.22. The van der Waals surface area contributed by atoms with E-state index in [4.69, 9.17) is 4.74 Å². The lowest BCUT2D eigenvalue weighted by molar-refractivity contribution is -0.389. The highest BCUT2D eigenvalue weighted by Crippen LogP contribution is 2.16. The van der Waals surface area contributed by atoms with Gasteiger partial charge in [0.05, 0.1) is 0 Å². The van der Waals surface area contributed by atoms with Gasteiger partial charge in [0, 0.05) is 12.6 Å². The van der Waals surface area contributed by atoms with E-state index in [0.29, 0.717) is 5.75 Å². The molecule has 0 radical (unpaired) electrons. The van der Waals surface area contributed by atoms with Crippen molar-refractivity contribution in [1.82, 2.24) is 10.3 Å². The molecule has 0 aliphatic carbocycles. The van der Waals surface area contributed by atoms with Crippen molar-refractivity contribution in [3.63, 3.8) is 0 Å². The maximum atomic E-state index is 10.3. The fourth-order valence-electron chi connectivity index (χ4n) is 1.47. The lowest BCUT2D eigenvalue weighted by Gasteiger charge is -2.10. The monoisotopic (exact) mass is 209 g/mol. The third-order valence-electron chi connectivity index (χ3n) is 2.23. The molecule has 0 amide bonds. The van der Waals surface area contributed by atoms with Crippen LogP contribution in [0.5, 0.6) is 5.75 Å². The van der Waals surface area contributed by atoms with E-state index in [1.807, 2.05) is 0 Å². The fraction of sp³-hybridized carbons (Fsp3) is 0.444. The smallest absolute Gasteiger partial charge is 0.363 e. The van der Waals surface area contributed by atoms with Crippen LogP contribution in [0.1, 0.15) is 6.42 Å². The van der Waals surface area contributed by atoms with Gasteiger partial charge in [0.15, 0.2) is 11.9 Å². The van der Waals surface area contributed by atoms with Gasteiger partial charge >= 0.3 is 5.82 Å². The predicted molar refractivity (Wildman–Crippen MR) is 52.8 cm³/mol. The molecule has 80 valence electrons. The summed E-state index contributed by atoms with van der Waals surface area (Å²) in [5.74, 6) is 0.418. The summed E-state index contributed by atoms with van der Waals surface area (Å²) in [5.41, 5.74) is 0.